The molecule has 0 aromatic heterocycles. The number of esters is 1. The van der Waals surface area contributed by atoms with Crippen molar-refractivity contribution in [2.45, 2.75) is 18.7 Å². The Morgan fingerprint density at radius 2 is 1.65 bits per heavy atom. The average Bonchev–Trinajstić information content (AvgIpc) is 2.87. The number of rotatable bonds is 6. The largest absolute Gasteiger partial charge is 0.493 e. The van der Waals surface area contributed by atoms with Crippen LogP contribution in [0, 0.1) is 0 Å². The molecule has 0 saturated heterocycles. The number of nitrogens with zero attached hydrogens (tertiary/aromatic N) is 1. The van der Waals surface area contributed by atoms with Crippen LogP contribution in [0.25, 0.3) is 0 Å². The number of hydrogen-bond acceptors (Lipinski definition) is 7. The Morgan fingerprint density at radius 3 is 2.26 bits per heavy atom. The number of anilines is 2. The third-order valence-corrected chi connectivity index (χ3v) is 5.73. The summed E-state index contributed by atoms with van der Waals surface area (Å²) in [4.78, 5) is 12.5. The fourth-order valence-electron chi connectivity index (χ4n) is 3.00. The number of nitrogens with one attached hydrogen (secondary N) is 2. The van der Waals surface area contributed by atoms with Gasteiger partial charge in [0.05, 0.1) is 37.1 Å². The van der Waals surface area contributed by atoms with E-state index in [1.165, 1.54) is 32.4 Å². The number of ether oxygens (including phenoxy) is 3. The van der Waals surface area contributed by atoms with Crippen LogP contribution in [-0.2, 0) is 19.6 Å². The number of allylic oxidation sites excluding steroid dienone is 1. The van der Waals surface area contributed by atoms with Crippen LogP contribution in [0.5, 0.6) is 11.5 Å². The summed E-state index contributed by atoms with van der Waals surface area (Å²) < 4.78 is 45.6. The number of sulfonamides is 1. The van der Waals surface area contributed by atoms with Crippen molar-refractivity contribution in [1.82, 2.24) is 0 Å². The summed E-state index contributed by atoms with van der Waals surface area (Å²) in [5.41, 5.74) is 1.61. The molecule has 0 spiro atoms. The number of para-hydroxylation sites is 2. The van der Waals surface area contributed by atoms with Crippen molar-refractivity contribution >= 4 is 33.2 Å². The molecule has 1 aliphatic rings. The summed E-state index contributed by atoms with van der Waals surface area (Å²) in [6.07, 6.45) is 0. The van der Waals surface area contributed by atoms with Crippen LogP contribution in [0.15, 0.2) is 63.0 Å². The van der Waals surface area contributed by atoms with Gasteiger partial charge in [-0.1, -0.05) is 12.1 Å². The lowest BCUT2D eigenvalue weighted by molar-refractivity contribution is -0.137. The Bertz CT molecular complexity index is 1170. The Kier molecular flexibility index (Phi) is 6.50. The summed E-state index contributed by atoms with van der Waals surface area (Å²) in [7, 11) is -1.37. The first-order chi connectivity index (χ1) is 14.8. The highest BCUT2D eigenvalue weighted by Crippen LogP contribution is 2.32. The predicted molar refractivity (Wildman–Crippen MR) is 117 cm³/mol. The highest BCUT2D eigenvalue weighted by atomic mass is 32.2. The van der Waals surface area contributed by atoms with E-state index in [2.05, 4.69) is 15.0 Å². The molecule has 164 valence electrons. The monoisotopic (exact) mass is 445 g/mol. The van der Waals surface area contributed by atoms with Crippen LogP contribution < -0.4 is 20.1 Å². The Morgan fingerprint density at radius 1 is 1.00 bits per heavy atom. The minimum atomic E-state index is -4.22. The molecule has 10 heteroatoms. The predicted octanol–water partition coefficient (Wildman–Crippen LogP) is 3.17. The van der Waals surface area contributed by atoms with Gasteiger partial charge < -0.3 is 24.8 Å². The van der Waals surface area contributed by atoms with Crippen LogP contribution in [-0.4, -0.2) is 41.0 Å². The summed E-state index contributed by atoms with van der Waals surface area (Å²) in [6, 6.07) is 11.2. The maximum atomic E-state index is 13.1. The van der Waals surface area contributed by atoms with Crippen molar-refractivity contribution in [3.05, 3.63) is 53.7 Å². The lowest BCUT2D eigenvalue weighted by Crippen LogP contribution is -2.25. The maximum absolute atomic E-state index is 13.1. The molecule has 0 aliphatic carbocycles. The molecule has 0 fully saturated rings. The van der Waals surface area contributed by atoms with E-state index in [0.29, 0.717) is 22.8 Å². The molecule has 2 aromatic rings. The van der Waals surface area contributed by atoms with E-state index in [0.717, 1.165) is 0 Å². The fraction of sp³-hybridized carbons (Fsp3) is 0.238. The zero-order valence-corrected chi connectivity index (χ0v) is 18.4. The van der Waals surface area contributed by atoms with E-state index in [1.807, 2.05) is 6.07 Å². The van der Waals surface area contributed by atoms with E-state index in [-0.39, 0.29) is 28.7 Å². The summed E-state index contributed by atoms with van der Waals surface area (Å²) >= 11 is 0. The molecule has 0 amide bonds. The average molecular weight is 445 g/mol. The van der Waals surface area contributed by atoms with Gasteiger partial charge in [0.15, 0.2) is 17.3 Å². The molecular weight excluding hydrogens is 422 g/mol. The van der Waals surface area contributed by atoms with Gasteiger partial charge in [0.1, 0.15) is 5.57 Å². The number of hydrogen-bond donors (Lipinski definition) is 2. The molecule has 1 heterocycles. The second-order valence-corrected chi connectivity index (χ2v) is 8.05. The van der Waals surface area contributed by atoms with E-state index < -0.39 is 16.0 Å². The lowest BCUT2D eigenvalue weighted by Gasteiger charge is -2.13. The standard InChI is InChI=1S/C21H23N3O6S/c1-5-30-21(25)19-13(2)22-15-8-6-7-9-16(15)23-20(19)24-31(26,27)14-10-11-17(28-3)18(12-14)29-4/h6-12,22H,5H2,1-4H3,(H,23,24). The minimum absolute atomic E-state index is 0.0119. The number of carbonyl (C=O) groups excluding carboxylic acids is 1. The quantitative estimate of drug-likeness (QED) is 0.652. The molecule has 0 radical (unpaired) electrons. The highest BCUT2D eigenvalue weighted by molar-refractivity contribution is 7.90. The van der Waals surface area contributed by atoms with Crippen molar-refractivity contribution < 1.29 is 27.4 Å². The second-order valence-electron chi connectivity index (χ2n) is 6.45. The SMILES string of the molecule is CCOC(=O)C1=C(C)Nc2ccccc2N/C1=N/S(=O)(=O)c1ccc(OC)c(OC)c1. The molecule has 31 heavy (non-hydrogen) atoms. The first-order valence-corrected chi connectivity index (χ1v) is 10.8. The summed E-state index contributed by atoms with van der Waals surface area (Å²) in [6.45, 7) is 3.43. The van der Waals surface area contributed by atoms with E-state index in [9.17, 15) is 13.2 Å². The van der Waals surface area contributed by atoms with Crippen molar-refractivity contribution in [2.75, 3.05) is 31.5 Å². The topological polar surface area (TPSA) is 115 Å². The molecular formula is C21H23N3O6S. The lowest BCUT2D eigenvalue weighted by atomic mass is 10.2. The van der Waals surface area contributed by atoms with Crippen LogP contribution in [0.3, 0.4) is 0 Å². The van der Waals surface area contributed by atoms with Gasteiger partial charge in [0.2, 0.25) is 0 Å². The number of carbonyl (C=O) groups is 1. The second kappa shape index (κ2) is 9.09. The number of amidine groups is 1. The van der Waals surface area contributed by atoms with Crippen molar-refractivity contribution in [1.29, 1.82) is 0 Å². The van der Waals surface area contributed by atoms with Gasteiger partial charge in [-0.25, -0.2) is 4.79 Å². The first kappa shape index (κ1) is 22.2. The fourth-order valence-corrected chi connectivity index (χ4v) is 3.98. The third-order valence-electron chi connectivity index (χ3n) is 4.46. The van der Waals surface area contributed by atoms with Crippen molar-refractivity contribution in [3.63, 3.8) is 0 Å². The van der Waals surface area contributed by atoms with Gasteiger partial charge in [-0.3, -0.25) is 0 Å². The maximum Gasteiger partial charge on any atom is 0.343 e. The number of methoxy groups -OCH3 is 2. The van der Waals surface area contributed by atoms with E-state index in [4.69, 9.17) is 14.2 Å². The molecule has 0 atom stereocenters. The zero-order chi connectivity index (χ0) is 22.6. The number of fused-ring (bicyclic) bond motifs is 1. The first-order valence-electron chi connectivity index (χ1n) is 9.39. The molecule has 2 N–H and O–H groups in total. The van der Waals surface area contributed by atoms with Crippen molar-refractivity contribution in [3.8, 4) is 11.5 Å². The van der Waals surface area contributed by atoms with Gasteiger partial charge in [0, 0.05) is 11.8 Å². The summed E-state index contributed by atoms with van der Waals surface area (Å²) in [5, 5.41) is 6.05. The molecule has 0 saturated carbocycles. The molecule has 2 aromatic carbocycles. The van der Waals surface area contributed by atoms with Gasteiger partial charge in [-0.15, -0.1) is 4.40 Å². The smallest absolute Gasteiger partial charge is 0.343 e. The normalized spacial score (nSPS) is 14.8. The van der Waals surface area contributed by atoms with Crippen LogP contribution >= 0.6 is 0 Å². The molecule has 0 bridgehead atoms. The van der Waals surface area contributed by atoms with Gasteiger partial charge in [-0.2, -0.15) is 8.42 Å². The Balaban J connectivity index is 2.15. The Hall–Kier alpha value is -3.53. The molecule has 0 unspecified atom stereocenters. The summed E-state index contributed by atoms with van der Waals surface area (Å²) in [5.74, 6) is -0.234. The third kappa shape index (κ3) is 4.64. The van der Waals surface area contributed by atoms with Gasteiger partial charge in [0.25, 0.3) is 10.0 Å². The number of benzene rings is 2. The van der Waals surface area contributed by atoms with Crippen LogP contribution in [0.4, 0.5) is 11.4 Å². The molecule has 3 rings (SSSR count). The Labute approximate surface area is 180 Å². The van der Waals surface area contributed by atoms with Crippen molar-refractivity contribution in [2.24, 2.45) is 4.40 Å². The molecule has 9 nitrogen and oxygen atoms in total. The van der Waals surface area contributed by atoms with Gasteiger partial charge in [-0.05, 0) is 38.1 Å². The van der Waals surface area contributed by atoms with Gasteiger partial charge >= 0.3 is 5.97 Å². The van der Waals surface area contributed by atoms with Crippen LogP contribution in [0.2, 0.25) is 0 Å². The molecule has 1 aliphatic heterocycles. The minimum Gasteiger partial charge on any atom is -0.493 e. The highest BCUT2D eigenvalue weighted by Gasteiger charge is 2.28. The zero-order valence-electron chi connectivity index (χ0n) is 17.6. The van der Waals surface area contributed by atoms with Crippen LogP contribution in [0.1, 0.15) is 13.8 Å². The van der Waals surface area contributed by atoms with E-state index in [1.54, 1.807) is 32.0 Å². The van der Waals surface area contributed by atoms with E-state index >= 15 is 0 Å².